The first-order valence-electron chi connectivity index (χ1n) is 5.55. The van der Waals surface area contributed by atoms with E-state index >= 15 is 0 Å². The van der Waals surface area contributed by atoms with Gasteiger partial charge in [0.15, 0.2) is 0 Å². The highest BCUT2D eigenvalue weighted by atomic mass is 16.5. The van der Waals surface area contributed by atoms with Gasteiger partial charge in [-0.1, -0.05) is 0 Å². The molecule has 1 aliphatic rings. The smallest absolute Gasteiger partial charge is 0.255 e. The molecule has 1 saturated heterocycles. The summed E-state index contributed by atoms with van der Waals surface area (Å²) in [5.74, 6) is -0.277. The molecule has 3 N–H and O–H groups in total. The lowest BCUT2D eigenvalue weighted by molar-refractivity contribution is 0.0942. The molecule has 0 radical (unpaired) electrons. The molecule has 0 bridgehead atoms. The Bertz CT molecular complexity index is 413. The van der Waals surface area contributed by atoms with Gasteiger partial charge in [0.1, 0.15) is 11.5 Å². The molecule has 1 aromatic rings. The molecule has 1 aliphatic heterocycles. The average molecular weight is 237 g/mol. The summed E-state index contributed by atoms with van der Waals surface area (Å²) in [5.41, 5.74) is 0.168. The molecule has 2 rings (SSSR count). The van der Waals surface area contributed by atoms with E-state index in [2.05, 4.69) is 5.32 Å². The lowest BCUT2D eigenvalue weighted by Gasteiger charge is -2.10. The first-order valence-corrected chi connectivity index (χ1v) is 5.55. The van der Waals surface area contributed by atoms with Gasteiger partial charge in [0.05, 0.1) is 12.2 Å². The number of benzene rings is 1. The Balaban J connectivity index is 1.94. The van der Waals surface area contributed by atoms with E-state index in [4.69, 9.17) is 9.84 Å². The van der Waals surface area contributed by atoms with Gasteiger partial charge in [-0.15, -0.1) is 0 Å². The summed E-state index contributed by atoms with van der Waals surface area (Å²) in [6.45, 7) is 1.95. The van der Waals surface area contributed by atoms with Gasteiger partial charge in [0, 0.05) is 25.1 Å². The SMILES string of the molecule is O=C(NCC1CCOC1)c1ccc(O)cc1O. The topological polar surface area (TPSA) is 78.8 Å². The maximum absolute atomic E-state index is 11.7. The molecule has 1 atom stereocenters. The fourth-order valence-electron chi connectivity index (χ4n) is 1.79. The minimum atomic E-state index is -0.339. The predicted molar refractivity (Wildman–Crippen MR) is 61.0 cm³/mol. The van der Waals surface area contributed by atoms with E-state index in [1.54, 1.807) is 0 Å². The Morgan fingerprint density at radius 1 is 1.47 bits per heavy atom. The van der Waals surface area contributed by atoms with Gasteiger partial charge in [0.2, 0.25) is 0 Å². The number of ether oxygens (including phenoxy) is 1. The van der Waals surface area contributed by atoms with Crippen molar-refractivity contribution in [3.63, 3.8) is 0 Å². The summed E-state index contributed by atoms with van der Waals surface area (Å²) >= 11 is 0. The number of rotatable bonds is 3. The standard InChI is InChI=1S/C12H15NO4/c14-9-1-2-10(11(15)5-9)12(16)13-6-8-3-4-17-7-8/h1-2,5,8,14-15H,3-4,6-7H2,(H,13,16). The van der Waals surface area contributed by atoms with Gasteiger partial charge >= 0.3 is 0 Å². The molecule has 1 heterocycles. The molecule has 1 unspecified atom stereocenters. The molecule has 0 aromatic heterocycles. The van der Waals surface area contributed by atoms with Crippen LogP contribution in [-0.4, -0.2) is 35.9 Å². The Morgan fingerprint density at radius 3 is 2.94 bits per heavy atom. The number of phenolic OH excluding ortho intramolecular Hbond substituents is 2. The van der Waals surface area contributed by atoms with Crippen LogP contribution in [0.15, 0.2) is 18.2 Å². The van der Waals surface area contributed by atoms with Gasteiger partial charge in [-0.3, -0.25) is 4.79 Å². The normalized spacial score (nSPS) is 19.2. The minimum absolute atomic E-state index is 0.0664. The van der Waals surface area contributed by atoms with Crippen LogP contribution in [0, 0.1) is 5.92 Å². The van der Waals surface area contributed by atoms with E-state index in [1.807, 2.05) is 0 Å². The van der Waals surface area contributed by atoms with Crippen LogP contribution in [0.2, 0.25) is 0 Å². The second kappa shape index (κ2) is 5.05. The molecule has 1 fully saturated rings. The Morgan fingerprint density at radius 2 is 2.29 bits per heavy atom. The Kier molecular flexibility index (Phi) is 3.49. The van der Waals surface area contributed by atoms with Crippen LogP contribution in [0.3, 0.4) is 0 Å². The van der Waals surface area contributed by atoms with Crippen LogP contribution < -0.4 is 5.32 Å². The van der Waals surface area contributed by atoms with Gasteiger partial charge in [-0.25, -0.2) is 0 Å². The lowest BCUT2D eigenvalue weighted by Crippen LogP contribution is -2.29. The van der Waals surface area contributed by atoms with E-state index in [0.29, 0.717) is 19.1 Å². The third-order valence-electron chi connectivity index (χ3n) is 2.80. The minimum Gasteiger partial charge on any atom is -0.508 e. The molecular formula is C12H15NO4. The number of amides is 1. The predicted octanol–water partition coefficient (Wildman–Crippen LogP) is 0.864. The van der Waals surface area contributed by atoms with E-state index in [1.165, 1.54) is 12.1 Å². The Hall–Kier alpha value is -1.75. The highest BCUT2D eigenvalue weighted by molar-refractivity contribution is 5.96. The zero-order valence-electron chi connectivity index (χ0n) is 9.35. The van der Waals surface area contributed by atoms with Crippen molar-refractivity contribution in [1.29, 1.82) is 0 Å². The monoisotopic (exact) mass is 237 g/mol. The molecular weight excluding hydrogens is 222 g/mol. The maximum Gasteiger partial charge on any atom is 0.255 e. The van der Waals surface area contributed by atoms with Crippen molar-refractivity contribution in [1.82, 2.24) is 5.32 Å². The summed E-state index contributed by atoms with van der Waals surface area (Å²) < 4.78 is 5.20. The zero-order valence-corrected chi connectivity index (χ0v) is 9.35. The van der Waals surface area contributed by atoms with Crippen LogP contribution in [0.4, 0.5) is 0 Å². The van der Waals surface area contributed by atoms with Gasteiger partial charge in [-0.2, -0.15) is 0 Å². The van der Waals surface area contributed by atoms with Crippen LogP contribution >= 0.6 is 0 Å². The van der Waals surface area contributed by atoms with E-state index in [0.717, 1.165) is 19.1 Å². The van der Waals surface area contributed by atoms with Crippen molar-refractivity contribution in [2.45, 2.75) is 6.42 Å². The Labute approximate surface area is 99.0 Å². The molecule has 17 heavy (non-hydrogen) atoms. The number of nitrogens with one attached hydrogen (secondary N) is 1. The van der Waals surface area contributed by atoms with Gasteiger partial charge < -0.3 is 20.3 Å². The van der Waals surface area contributed by atoms with Crippen molar-refractivity contribution in [3.8, 4) is 11.5 Å². The molecule has 0 spiro atoms. The quantitative estimate of drug-likeness (QED) is 0.728. The number of hydrogen-bond donors (Lipinski definition) is 3. The van der Waals surface area contributed by atoms with E-state index in [9.17, 15) is 9.90 Å². The zero-order chi connectivity index (χ0) is 12.3. The molecule has 1 aromatic carbocycles. The molecule has 0 saturated carbocycles. The summed E-state index contributed by atoms with van der Waals surface area (Å²) in [5, 5.41) is 21.4. The van der Waals surface area contributed by atoms with Crippen molar-refractivity contribution >= 4 is 5.91 Å². The average Bonchev–Trinajstić information content (AvgIpc) is 2.78. The van der Waals surface area contributed by atoms with Crippen molar-refractivity contribution < 1.29 is 19.7 Å². The summed E-state index contributed by atoms with van der Waals surface area (Å²) in [6.07, 6.45) is 0.946. The molecule has 5 heteroatoms. The summed E-state index contributed by atoms with van der Waals surface area (Å²) in [7, 11) is 0. The van der Waals surface area contributed by atoms with Gasteiger partial charge in [-0.05, 0) is 18.6 Å². The van der Waals surface area contributed by atoms with Crippen molar-refractivity contribution in [2.75, 3.05) is 19.8 Å². The second-order valence-electron chi connectivity index (χ2n) is 4.14. The number of carbonyl (C=O) groups excluding carboxylic acids is 1. The van der Waals surface area contributed by atoms with Crippen LogP contribution in [0.25, 0.3) is 0 Å². The first-order chi connectivity index (χ1) is 8.16. The fourth-order valence-corrected chi connectivity index (χ4v) is 1.79. The molecule has 5 nitrogen and oxygen atoms in total. The fraction of sp³-hybridized carbons (Fsp3) is 0.417. The summed E-state index contributed by atoms with van der Waals surface area (Å²) in [6, 6.07) is 3.91. The van der Waals surface area contributed by atoms with Crippen molar-refractivity contribution in [3.05, 3.63) is 23.8 Å². The van der Waals surface area contributed by atoms with Gasteiger partial charge in [0.25, 0.3) is 5.91 Å². The van der Waals surface area contributed by atoms with E-state index < -0.39 is 0 Å². The largest absolute Gasteiger partial charge is 0.508 e. The number of phenols is 2. The highest BCUT2D eigenvalue weighted by Crippen LogP contribution is 2.22. The number of aromatic hydroxyl groups is 2. The van der Waals surface area contributed by atoms with E-state index in [-0.39, 0.29) is 23.0 Å². The number of carbonyl (C=O) groups is 1. The lowest BCUT2D eigenvalue weighted by atomic mass is 10.1. The third-order valence-corrected chi connectivity index (χ3v) is 2.80. The first kappa shape index (κ1) is 11.7. The summed E-state index contributed by atoms with van der Waals surface area (Å²) in [4.78, 5) is 11.7. The maximum atomic E-state index is 11.7. The second-order valence-corrected chi connectivity index (χ2v) is 4.14. The number of hydrogen-bond acceptors (Lipinski definition) is 4. The van der Waals surface area contributed by atoms with Crippen LogP contribution in [0.5, 0.6) is 11.5 Å². The van der Waals surface area contributed by atoms with Crippen LogP contribution in [-0.2, 0) is 4.74 Å². The third kappa shape index (κ3) is 2.88. The van der Waals surface area contributed by atoms with Crippen LogP contribution in [0.1, 0.15) is 16.8 Å². The molecule has 1 amide bonds. The highest BCUT2D eigenvalue weighted by Gasteiger charge is 2.18. The molecule has 92 valence electrons. The molecule has 0 aliphatic carbocycles. The van der Waals surface area contributed by atoms with Crippen molar-refractivity contribution in [2.24, 2.45) is 5.92 Å².